The van der Waals surface area contributed by atoms with Crippen molar-refractivity contribution < 1.29 is 28.0 Å². The first-order valence-electron chi connectivity index (χ1n) is 5.58. The van der Waals surface area contributed by atoms with Gasteiger partial charge in [-0.25, -0.2) is 14.4 Å². The van der Waals surface area contributed by atoms with Gasteiger partial charge in [0, 0.05) is 6.08 Å². The number of carbonyl (C=O) groups excluding carboxylic acids is 2. The molecule has 0 radical (unpaired) electrons. The fourth-order valence-corrected chi connectivity index (χ4v) is 1.22. The standard InChI is InChI=1S/C11H13NO7/c1-3-5-6-7(9-12-19-11(15)18-9)16-10(14)17-8(13)4-2/h4,7H,2-3,5-6H2,1H3. The van der Waals surface area contributed by atoms with Crippen molar-refractivity contribution in [2.24, 2.45) is 0 Å². The lowest BCUT2D eigenvalue weighted by atomic mass is 10.1. The van der Waals surface area contributed by atoms with Gasteiger partial charge in [-0.3, -0.25) is 4.52 Å². The van der Waals surface area contributed by atoms with Gasteiger partial charge in [0.15, 0.2) is 6.10 Å². The van der Waals surface area contributed by atoms with Crippen LogP contribution in [0.15, 0.2) is 26.4 Å². The van der Waals surface area contributed by atoms with E-state index in [9.17, 15) is 14.4 Å². The summed E-state index contributed by atoms with van der Waals surface area (Å²) < 4.78 is 17.9. The molecule has 0 bridgehead atoms. The lowest BCUT2D eigenvalue weighted by Gasteiger charge is -2.12. The van der Waals surface area contributed by atoms with Gasteiger partial charge in [0.05, 0.1) is 0 Å². The van der Waals surface area contributed by atoms with Gasteiger partial charge in [-0.15, -0.1) is 0 Å². The number of rotatable bonds is 6. The molecule has 0 aliphatic heterocycles. The molecule has 19 heavy (non-hydrogen) atoms. The predicted molar refractivity (Wildman–Crippen MR) is 60.1 cm³/mol. The molecule has 1 aromatic rings. The quantitative estimate of drug-likeness (QED) is 0.437. The van der Waals surface area contributed by atoms with Crippen LogP contribution in [-0.4, -0.2) is 17.3 Å². The third-order valence-corrected chi connectivity index (χ3v) is 2.08. The van der Waals surface area contributed by atoms with Gasteiger partial charge in [-0.2, -0.15) is 0 Å². The molecule has 104 valence electrons. The molecule has 0 spiro atoms. The topological polar surface area (TPSA) is 109 Å². The molecule has 8 heteroatoms. The van der Waals surface area contributed by atoms with Crippen LogP contribution in [0.2, 0.25) is 0 Å². The number of aromatic nitrogens is 1. The van der Waals surface area contributed by atoms with Gasteiger partial charge in [-0.1, -0.05) is 19.9 Å². The molecule has 8 nitrogen and oxygen atoms in total. The Kier molecular flexibility index (Phi) is 5.52. The number of carbonyl (C=O) groups is 2. The Bertz CT molecular complexity index is 501. The summed E-state index contributed by atoms with van der Waals surface area (Å²) in [6.45, 7) is 5.06. The summed E-state index contributed by atoms with van der Waals surface area (Å²) in [5, 5.41) is 3.33. The van der Waals surface area contributed by atoms with Crippen LogP contribution >= 0.6 is 0 Å². The smallest absolute Gasteiger partial charge is 0.420 e. The minimum absolute atomic E-state index is 0.179. The third kappa shape index (κ3) is 4.78. The van der Waals surface area contributed by atoms with E-state index in [4.69, 9.17) is 4.74 Å². The zero-order chi connectivity index (χ0) is 14.3. The van der Waals surface area contributed by atoms with E-state index in [1.54, 1.807) is 0 Å². The largest absolute Gasteiger partial charge is 0.542 e. The summed E-state index contributed by atoms with van der Waals surface area (Å²) in [6, 6.07) is 0. The number of unbranched alkanes of at least 4 members (excludes halogenated alkanes) is 1. The summed E-state index contributed by atoms with van der Waals surface area (Å²) in [6.07, 6.45) is 0.502. The second kappa shape index (κ2) is 7.14. The maximum atomic E-state index is 11.3. The summed E-state index contributed by atoms with van der Waals surface area (Å²) in [4.78, 5) is 32.8. The molecule has 0 amide bonds. The van der Waals surface area contributed by atoms with Crippen molar-refractivity contribution >= 4 is 12.1 Å². The van der Waals surface area contributed by atoms with Gasteiger partial charge in [-0.05, 0) is 18.0 Å². The Labute approximate surface area is 108 Å². The highest BCUT2D eigenvalue weighted by atomic mass is 16.7. The molecule has 1 heterocycles. The van der Waals surface area contributed by atoms with E-state index in [1.165, 1.54) is 0 Å². The predicted octanol–water partition coefficient (Wildman–Crippen LogP) is 1.72. The van der Waals surface area contributed by atoms with E-state index < -0.39 is 24.1 Å². The molecule has 0 saturated carbocycles. The van der Waals surface area contributed by atoms with Crippen LogP contribution < -0.4 is 5.82 Å². The number of nitrogens with zero attached hydrogens (tertiary/aromatic N) is 1. The van der Waals surface area contributed by atoms with Crippen molar-refractivity contribution in [1.29, 1.82) is 0 Å². The normalized spacial score (nSPS) is 11.6. The first-order chi connectivity index (χ1) is 9.06. The Morgan fingerprint density at radius 2 is 2.26 bits per heavy atom. The lowest BCUT2D eigenvalue weighted by molar-refractivity contribution is -0.135. The average Bonchev–Trinajstić information content (AvgIpc) is 2.80. The average molecular weight is 271 g/mol. The van der Waals surface area contributed by atoms with Gasteiger partial charge >= 0.3 is 17.9 Å². The first-order valence-corrected chi connectivity index (χ1v) is 5.58. The van der Waals surface area contributed by atoms with E-state index in [0.29, 0.717) is 12.8 Å². The highest BCUT2D eigenvalue weighted by Gasteiger charge is 2.24. The number of hydrogen-bond acceptors (Lipinski definition) is 8. The van der Waals surface area contributed by atoms with Crippen molar-refractivity contribution in [1.82, 2.24) is 5.16 Å². The van der Waals surface area contributed by atoms with E-state index in [2.05, 4.69) is 25.4 Å². The van der Waals surface area contributed by atoms with Crippen LogP contribution in [0.5, 0.6) is 0 Å². The highest BCUT2D eigenvalue weighted by Crippen LogP contribution is 2.21. The Hall–Kier alpha value is -2.38. The molecule has 0 aromatic carbocycles. The van der Waals surface area contributed by atoms with Crippen molar-refractivity contribution in [2.75, 3.05) is 0 Å². The minimum Gasteiger partial charge on any atom is -0.420 e. The number of ether oxygens (including phenoxy) is 2. The van der Waals surface area contributed by atoms with Crippen molar-refractivity contribution in [3.8, 4) is 0 Å². The van der Waals surface area contributed by atoms with Crippen molar-refractivity contribution in [3.05, 3.63) is 29.2 Å². The fourth-order valence-electron chi connectivity index (χ4n) is 1.22. The number of esters is 1. The first kappa shape index (κ1) is 14.7. The second-order valence-corrected chi connectivity index (χ2v) is 3.50. The molecular weight excluding hydrogens is 258 g/mol. The van der Waals surface area contributed by atoms with Crippen LogP contribution in [0.25, 0.3) is 0 Å². The molecule has 0 fully saturated rings. The van der Waals surface area contributed by atoms with E-state index in [0.717, 1.165) is 12.5 Å². The fraction of sp³-hybridized carbons (Fsp3) is 0.455. The molecule has 1 rings (SSSR count). The Balaban J connectivity index is 2.69. The van der Waals surface area contributed by atoms with Crippen molar-refractivity contribution in [2.45, 2.75) is 32.3 Å². The maximum absolute atomic E-state index is 11.3. The molecule has 0 aliphatic carbocycles. The highest BCUT2D eigenvalue weighted by molar-refractivity contribution is 5.89. The van der Waals surface area contributed by atoms with Gasteiger partial charge in [0.2, 0.25) is 0 Å². The van der Waals surface area contributed by atoms with Crippen LogP contribution in [0.1, 0.15) is 38.2 Å². The third-order valence-electron chi connectivity index (χ3n) is 2.08. The van der Waals surface area contributed by atoms with Gasteiger partial charge < -0.3 is 13.9 Å². The van der Waals surface area contributed by atoms with Crippen LogP contribution in [0, 0.1) is 0 Å². The van der Waals surface area contributed by atoms with Gasteiger partial charge in [0.1, 0.15) is 0 Å². The molecule has 0 aliphatic rings. The summed E-state index contributed by atoms with van der Waals surface area (Å²) in [7, 11) is 0. The molecule has 1 aromatic heterocycles. The molecular formula is C11H13NO7. The SMILES string of the molecule is C=CC(=O)OC(=O)OC(CCCC)c1noc(=O)o1. The Morgan fingerprint density at radius 1 is 1.53 bits per heavy atom. The van der Waals surface area contributed by atoms with E-state index >= 15 is 0 Å². The lowest BCUT2D eigenvalue weighted by Crippen LogP contribution is -2.16. The second-order valence-electron chi connectivity index (χ2n) is 3.50. The van der Waals surface area contributed by atoms with Crippen LogP contribution in [0.3, 0.4) is 0 Å². The van der Waals surface area contributed by atoms with E-state index in [-0.39, 0.29) is 5.89 Å². The summed E-state index contributed by atoms with van der Waals surface area (Å²) in [5.41, 5.74) is 0. The zero-order valence-electron chi connectivity index (χ0n) is 10.3. The summed E-state index contributed by atoms with van der Waals surface area (Å²) in [5.74, 6) is -2.13. The monoisotopic (exact) mass is 271 g/mol. The Morgan fingerprint density at radius 3 is 2.79 bits per heavy atom. The van der Waals surface area contributed by atoms with Gasteiger partial charge in [0.25, 0.3) is 5.89 Å². The minimum atomic E-state index is -1.23. The summed E-state index contributed by atoms with van der Waals surface area (Å²) >= 11 is 0. The zero-order valence-corrected chi connectivity index (χ0v) is 10.3. The molecule has 0 saturated heterocycles. The number of hydrogen-bond donors (Lipinski definition) is 0. The molecule has 0 N–H and O–H groups in total. The van der Waals surface area contributed by atoms with Crippen LogP contribution in [0.4, 0.5) is 4.79 Å². The van der Waals surface area contributed by atoms with E-state index in [1.807, 2.05) is 6.92 Å². The maximum Gasteiger partial charge on any atom is 0.542 e. The molecule has 1 unspecified atom stereocenters. The molecule has 1 atom stereocenters. The van der Waals surface area contributed by atoms with Crippen molar-refractivity contribution in [3.63, 3.8) is 0 Å². The van der Waals surface area contributed by atoms with Crippen LogP contribution in [-0.2, 0) is 14.3 Å².